The summed E-state index contributed by atoms with van der Waals surface area (Å²) >= 11 is 8.39. The first-order valence-electron chi connectivity index (χ1n) is 5.94. The summed E-state index contributed by atoms with van der Waals surface area (Å²) in [6, 6.07) is 7.06. The van der Waals surface area contributed by atoms with Crippen LogP contribution < -0.4 is 9.47 Å². The van der Waals surface area contributed by atoms with Crippen molar-refractivity contribution in [2.75, 3.05) is 14.2 Å². The Labute approximate surface area is 143 Å². The maximum absolute atomic E-state index is 12.2. The van der Waals surface area contributed by atoms with Crippen LogP contribution in [0.3, 0.4) is 0 Å². The highest BCUT2D eigenvalue weighted by molar-refractivity contribution is 9.13. The Morgan fingerprint density at radius 1 is 1.14 bits per heavy atom. The van der Waals surface area contributed by atoms with Crippen molar-refractivity contribution in [2.24, 2.45) is 0 Å². The number of allylic oxidation sites excluding steroid dienone is 1. The topological polar surface area (TPSA) is 35.5 Å². The van der Waals surface area contributed by atoms with Crippen LogP contribution in [-0.2, 0) is 0 Å². The van der Waals surface area contributed by atoms with Crippen molar-refractivity contribution >= 4 is 55.1 Å². The van der Waals surface area contributed by atoms with E-state index in [0.29, 0.717) is 17.1 Å². The zero-order valence-corrected chi connectivity index (χ0v) is 15.3. The summed E-state index contributed by atoms with van der Waals surface area (Å²) in [5.41, 5.74) is 0.554. The molecule has 0 N–H and O–H groups in total. The van der Waals surface area contributed by atoms with Gasteiger partial charge in [-0.1, -0.05) is 0 Å². The number of carbonyl (C=O) groups excluding carboxylic acids is 1. The Morgan fingerprint density at radius 2 is 1.86 bits per heavy atom. The molecule has 110 valence electrons. The second-order valence-electron chi connectivity index (χ2n) is 4.04. The van der Waals surface area contributed by atoms with Crippen LogP contribution in [0.1, 0.15) is 15.2 Å². The van der Waals surface area contributed by atoms with Gasteiger partial charge in [-0.15, -0.1) is 11.3 Å². The molecule has 0 radical (unpaired) electrons. The summed E-state index contributed by atoms with van der Waals surface area (Å²) in [5, 5.41) is 0. The van der Waals surface area contributed by atoms with Crippen molar-refractivity contribution in [2.45, 2.75) is 0 Å². The maximum atomic E-state index is 12.2. The highest BCUT2D eigenvalue weighted by Gasteiger charge is 2.09. The summed E-state index contributed by atoms with van der Waals surface area (Å²) in [6.07, 6.45) is 3.34. The van der Waals surface area contributed by atoms with Gasteiger partial charge in [0.2, 0.25) is 0 Å². The Bertz CT molecular complexity index is 673. The Morgan fingerprint density at radius 3 is 2.43 bits per heavy atom. The fourth-order valence-electron chi connectivity index (χ4n) is 1.69. The molecule has 0 aliphatic rings. The molecule has 1 aromatic carbocycles. The van der Waals surface area contributed by atoms with Gasteiger partial charge in [0.05, 0.1) is 18.0 Å². The Kier molecular flexibility index (Phi) is 5.61. The van der Waals surface area contributed by atoms with Crippen molar-refractivity contribution in [1.82, 2.24) is 0 Å². The van der Waals surface area contributed by atoms with E-state index in [1.54, 1.807) is 55.9 Å². The van der Waals surface area contributed by atoms with Crippen LogP contribution in [0.4, 0.5) is 0 Å². The Balaban J connectivity index is 2.20. The van der Waals surface area contributed by atoms with Gasteiger partial charge in [0.25, 0.3) is 0 Å². The minimum atomic E-state index is -0.0865. The van der Waals surface area contributed by atoms with Gasteiger partial charge in [-0.25, -0.2) is 0 Å². The first-order valence-corrected chi connectivity index (χ1v) is 8.34. The van der Waals surface area contributed by atoms with Gasteiger partial charge in [0.15, 0.2) is 17.3 Å². The van der Waals surface area contributed by atoms with Crippen LogP contribution in [0.15, 0.2) is 38.6 Å². The predicted octanol–water partition coefficient (Wildman–Crippen LogP) is 5.19. The molecule has 0 aliphatic carbocycles. The quantitative estimate of drug-likeness (QED) is 0.482. The van der Waals surface area contributed by atoms with Gasteiger partial charge in [-0.2, -0.15) is 0 Å². The normalized spacial score (nSPS) is 10.9. The average Bonchev–Trinajstić information content (AvgIpc) is 2.82. The molecule has 1 heterocycles. The van der Waals surface area contributed by atoms with E-state index in [-0.39, 0.29) is 5.78 Å². The number of ether oxygens (including phenoxy) is 2. The number of hydrogen-bond acceptors (Lipinski definition) is 4. The third-order valence-electron chi connectivity index (χ3n) is 2.73. The number of ketones is 1. The van der Waals surface area contributed by atoms with Gasteiger partial charge in [-0.3, -0.25) is 4.79 Å². The first kappa shape index (κ1) is 16.3. The largest absolute Gasteiger partial charge is 0.493 e. The van der Waals surface area contributed by atoms with Crippen LogP contribution in [0.5, 0.6) is 11.5 Å². The molecule has 0 unspecified atom stereocenters. The summed E-state index contributed by atoms with van der Waals surface area (Å²) in [4.78, 5) is 13.2. The van der Waals surface area contributed by atoms with Gasteiger partial charge >= 0.3 is 0 Å². The van der Waals surface area contributed by atoms with Gasteiger partial charge in [0.1, 0.15) is 0 Å². The van der Waals surface area contributed by atoms with E-state index in [9.17, 15) is 4.79 Å². The second-order valence-corrected chi connectivity index (χ2v) is 7.29. The number of hydrogen-bond donors (Lipinski definition) is 0. The standard InChI is InChI=1S/C15H12Br2O3S/c1-19-13-6-3-9(7-14(13)20-2)12(18)5-4-10-8-11(16)15(17)21-10/h3-8H,1-2H3/b5-4+. The summed E-state index contributed by atoms with van der Waals surface area (Å²) in [7, 11) is 3.11. The molecule has 0 bridgehead atoms. The van der Waals surface area contributed by atoms with E-state index in [1.165, 1.54) is 0 Å². The molecular weight excluding hydrogens is 420 g/mol. The molecule has 0 atom stereocenters. The van der Waals surface area contributed by atoms with Gasteiger partial charge in [-0.05, 0) is 68.3 Å². The smallest absolute Gasteiger partial charge is 0.186 e. The Hall–Kier alpha value is -1.11. The third kappa shape index (κ3) is 3.96. The molecule has 6 heteroatoms. The lowest BCUT2D eigenvalue weighted by atomic mass is 10.1. The molecule has 1 aromatic heterocycles. The molecule has 2 rings (SSSR count). The number of carbonyl (C=O) groups is 1. The summed E-state index contributed by atoms with van der Waals surface area (Å²) in [6.45, 7) is 0. The molecule has 0 fully saturated rings. The third-order valence-corrected chi connectivity index (χ3v) is 5.95. The zero-order chi connectivity index (χ0) is 15.4. The average molecular weight is 432 g/mol. The molecular formula is C15H12Br2O3S. The van der Waals surface area contributed by atoms with Crippen LogP contribution in [0.25, 0.3) is 6.08 Å². The van der Waals surface area contributed by atoms with E-state index in [0.717, 1.165) is 13.1 Å². The SMILES string of the molecule is COc1ccc(C(=O)/C=C/c2cc(Br)c(Br)s2)cc1OC. The van der Waals surface area contributed by atoms with E-state index in [1.807, 2.05) is 6.07 Å². The molecule has 0 spiro atoms. The molecule has 0 amide bonds. The highest BCUT2D eigenvalue weighted by atomic mass is 79.9. The lowest BCUT2D eigenvalue weighted by Crippen LogP contribution is -1.97. The molecule has 21 heavy (non-hydrogen) atoms. The molecule has 2 aromatic rings. The van der Waals surface area contributed by atoms with E-state index < -0.39 is 0 Å². The summed E-state index contributed by atoms with van der Waals surface area (Å²) in [5.74, 6) is 1.05. The van der Waals surface area contributed by atoms with E-state index in [2.05, 4.69) is 31.9 Å². The van der Waals surface area contributed by atoms with Crippen LogP contribution >= 0.6 is 43.2 Å². The monoisotopic (exact) mass is 430 g/mol. The lowest BCUT2D eigenvalue weighted by Gasteiger charge is -2.07. The lowest BCUT2D eigenvalue weighted by molar-refractivity contribution is 0.104. The number of halogens is 2. The number of benzene rings is 1. The van der Waals surface area contributed by atoms with Gasteiger partial charge < -0.3 is 9.47 Å². The fraction of sp³-hybridized carbons (Fsp3) is 0.133. The van der Waals surface area contributed by atoms with Crippen molar-refractivity contribution in [3.63, 3.8) is 0 Å². The predicted molar refractivity (Wildman–Crippen MR) is 92.6 cm³/mol. The summed E-state index contributed by atoms with van der Waals surface area (Å²) < 4.78 is 12.3. The van der Waals surface area contributed by atoms with Gasteiger partial charge in [0, 0.05) is 14.9 Å². The minimum absolute atomic E-state index is 0.0865. The van der Waals surface area contributed by atoms with Crippen molar-refractivity contribution in [3.05, 3.63) is 49.0 Å². The maximum Gasteiger partial charge on any atom is 0.186 e. The number of thiophene rings is 1. The number of methoxy groups -OCH3 is 2. The van der Waals surface area contributed by atoms with E-state index in [4.69, 9.17) is 9.47 Å². The molecule has 0 saturated heterocycles. The minimum Gasteiger partial charge on any atom is -0.493 e. The van der Waals surface area contributed by atoms with Crippen LogP contribution in [-0.4, -0.2) is 20.0 Å². The number of rotatable bonds is 5. The first-order chi connectivity index (χ1) is 10.0. The van der Waals surface area contributed by atoms with Crippen LogP contribution in [0.2, 0.25) is 0 Å². The zero-order valence-electron chi connectivity index (χ0n) is 11.4. The van der Waals surface area contributed by atoms with E-state index >= 15 is 0 Å². The highest BCUT2D eigenvalue weighted by Crippen LogP contribution is 2.33. The molecule has 3 nitrogen and oxygen atoms in total. The van der Waals surface area contributed by atoms with Crippen molar-refractivity contribution in [3.8, 4) is 11.5 Å². The fourth-order valence-corrected chi connectivity index (χ4v) is 3.68. The van der Waals surface area contributed by atoms with Crippen molar-refractivity contribution in [1.29, 1.82) is 0 Å². The second kappa shape index (κ2) is 7.24. The molecule has 0 aliphatic heterocycles. The van der Waals surface area contributed by atoms with Crippen LogP contribution in [0, 0.1) is 0 Å². The van der Waals surface area contributed by atoms with Crippen molar-refractivity contribution < 1.29 is 14.3 Å². The molecule has 0 saturated carbocycles.